The number of rotatable bonds is 4. The maximum atomic E-state index is 10.3. The monoisotopic (exact) mass is 267 g/mol. The van der Waals surface area contributed by atoms with E-state index >= 15 is 0 Å². The molecule has 0 bridgehead atoms. The molecule has 0 fully saturated rings. The molecule has 3 N–H and O–H groups in total. The highest BCUT2D eigenvalue weighted by molar-refractivity contribution is 5.41. The van der Waals surface area contributed by atoms with Gasteiger partial charge in [0, 0.05) is 12.5 Å². The molecule has 0 aliphatic heterocycles. The Morgan fingerprint density at radius 3 is 2.45 bits per heavy atom. The van der Waals surface area contributed by atoms with E-state index < -0.39 is 6.10 Å². The average Bonchev–Trinajstić information content (AvgIpc) is 2.96. The first-order valence-electron chi connectivity index (χ1n) is 7.34. The van der Waals surface area contributed by atoms with Crippen molar-refractivity contribution in [2.45, 2.75) is 31.3 Å². The molecule has 1 aliphatic rings. The molecular weight excluding hydrogens is 246 g/mol. The number of aliphatic hydroxyl groups is 1. The van der Waals surface area contributed by atoms with Crippen LogP contribution in [0.3, 0.4) is 0 Å². The van der Waals surface area contributed by atoms with Gasteiger partial charge in [-0.3, -0.25) is 0 Å². The normalized spacial score (nSPS) is 16.7. The van der Waals surface area contributed by atoms with E-state index in [0.29, 0.717) is 0 Å². The van der Waals surface area contributed by atoms with Crippen molar-refractivity contribution in [3.63, 3.8) is 0 Å². The van der Waals surface area contributed by atoms with Crippen LogP contribution in [0.4, 0.5) is 0 Å². The minimum absolute atomic E-state index is 0.0351. The van der Waals surface area contributed by atoms with Gasteiger partial charge < -0.3 is 10.8 Å². The largest absolute Gasteiger partial charge is 0.391 e. The second-order valence-corrected chi connectivity index (χ2v) is 5.57. The standard InChI is InChI=1S/C18H21NO/c19-12-17(20)18(14-5-2-1-3-6-14)16-10-9-13-7-4-8-15(13)11-16/h1-3,5-6,9-11,17-18,20H,4,7-8,12,19H2. The van der Waals surface area contributed by atoms with Gasteiger partial charge in [-0.25, -0.2) is 0 Å². The molecule has 0 amide bonds. The number of aryl methyl sites for hydroxylation is 2. The Bertz CT molecular complexity index is 579. The first-order valence-corrected chi connectivity index (χ1v) is 7.34. The molecule has 0 saturated heterocycles. The van der Waals surface area contributed by atoms with Crippen LogP contribution in [0, 0.1) is 0 Å². The van der Waals surface area contributed by atoms with Gasteiger partial charge >= 0.3 is 0 Å². The highest BCUT2D eigenvalue weighted by Gasteiger charge is 2.23. The van der Waals surface area contributed by atoms with E-state index in [0.717, 1.165) is 12.0 Å². The summed E-state index contributed by atoms with van der Waals surface area (Å²) in [5, 5.41) is 10.3. The van der Waals surface area contributed by atoms with Gasteiger partial charge in [0.1, 0.15) is 0 Å². The fourth-order valence-corrected chi connectivity index (χ4v) is 3.22. The summed E-state index contributed by atoms with van der Waals surface area (Å²) in [5.74, 6) is -0.0351. The van der Waals surface area contributed by atoms with Crippen molar-refractivity contribution in [3.05, 3.63) is 70.8 Å². The van der Waals surface area contributed by atoms with Crippen molar-refractivity contribution in [1.29, 1.82) is 0 Å². The summed E-state index contributed by atoms with van der Waals surface area (Å²) < 4.78 is 0. The summed E-state index contributed by atoms with van der Waals surface area (Å²) in [4.78, 5) is 0. The topological polar surface area (TPSA) is 46.2 Å². The Labute approximate surface area is 120 Å². The molecule has 0 heterocycles. The second kappa shape index (κ2) is 5.78. The van der Waals surface area contributed by atoms with E-state index in [1.54, 1.807) is 0 Å². The molecule has 20 heavy (non-hydrogen) atoms. The minimum atomic E-state index is -0.545. The predicted molar refractivity (Wildman–Crippen MR) is 81.8 cm³/mol. The number of aliphatic hydroxyl groups excluding tert-OH is 1. The van der Waals surface area contributed by atoms with Gasteiger partial charge in [0.2, 0.25) is 0 Å². The quantitative estimate of drug-likeness (QED) is 0.894. The maximum Gasteiger partial charge on any atom is 0.0771 e. The third-order valence-electron chi connectivity index (χ3n) is 4.27. The summed E-state index contributed by atoms with van der Waals surface area (Å²) in [6.07, 6.45) is 3.04. The molecule has 0 radical (unpaired) electrons. The number of nitrogens with two attached hydrogens (primary N) is 1. The summed E-state index contributed by atoms with van der Waals surface area (Å²) in [6, 6.07) is 16.8. The van der Waals surface area contributed by atoms with E-state index in [4.69, 9.17) is 5.73 Å². The molecule has 0 aromatic heterocycles. The van der Waals surface area contributed by atoms with E-state index in [-0.39, 0.29) is 12.5 Å². The summed E-state index contributed by atoms with van der Waals surface area (Å²) in [5.41, 5.74) is 10.9. The Morgan fingerprint density at radius 1 is 0.950 bits per heavy atom. The Morgan fingerprint density at radius 2 is 1.70 bits per heavy atom. The molecule has 2 unspecified atom stereocenters. The molecule has 0 spiro atoms. The molecule has 3 rings (SSSR count). The minimum Gasteiger partial charge on any atom is -0.391 e. The van der Waals surface area contributed by atoms with Gasteiger partial charge in [0.15, 0.2) is 0 Å². The van der Waals surface area contributed by atoms with Crippen molar-refractivity contribution >= 4 is 0 Å². The van der Waals surface area contributed by atoms with Gasteiger partial charge in [-0.2, -0.15) is 0 Å². The third-order valence-corrected chi connectivity index (χ3v) is 4.27. The molecule has 2 nitrogen and oxygen atoms in total. The number of hydrogen-bond donors (Lipinski definition) is 2. The maximum absolute atomic E-state index is 10.3. The molecule has 2 atom stereocenters. The predicted octanol–water partition coefficient (Wildman–Crippen LogP) is 2.63. The Hall–Kier alpha value is -1.64. The summed E-state index contributed by atoms with van der Waals surface area (Å²) >= 11 is 0. The van der Waals surface area contributed by atoms with Crippen molar-refractivity contribution < 1.29 is 5.11 Å². The van der Waals surface area contributed by atoms with Crippen LogP contribution in [0.2, 0.25) is 0 Å². The van der Waals surface area contributed by atoms with E-state index in [1.165, 1.54) is 29.5 Å². The number of fused-ring (bicyclic) bond motifs is 1. The van der Waals surface area contributed by atoms with Crippen LogP contribution in [0.15, 0.2) is 48.5 Å². The lowest BCUT2D eigenvalue weighted by atomic mass is 9.85. The van der Waals surface area contributed by atoms with Crippen molar-refractivity contribution in [2.24, 2.45) is 5.73 Å². The fraction of sp³-hybridized carbons (Fsp3) is 0.333. The molecule has 1 aliphatic carbocycles. The highest BCUT2D eigenvalue weighted by atomic mass is 16.3. The van der Waals surface area contributed by atoms with Crippen LogP contribution in [-0.2, 0) is 12.8 Å². The van der Waals surface area contributed by atoms with Gasteiger partial charge in [-0.15, -0.1) is 0 Å². The third kappa shape index (κ3) is 2.49. The van der Waals surface area contributed by atoms with E-state index in [1.807, 2.05) is 18.2 Å². The SMILES string of the molecule is NCC(O)C(c1ccccc1)c1ccc2c(c1)CCC2. The zero-order valence-corrected chi connectivity index (χ0v) is 11.6. The van der Waals surface area contributed by atoms with Crippen LogP contribution in [0.1, 0.15) is 34.6 Å². The smallest absolute Gasteiger partial charge is 0.0771 e. The zero-order valence-electron chi connectivity index (χ0n) is 11.6. The van der Waals surface area contributed by atoms with E-state index in [9.17, 15) is 5.11 Å². The van der Waals surface area contributed by atoms with Gasteiger partial charge in [-0.05, 0) is 41.5 Å². The summed E-state index contributed by atoms with van der Waals surface area (Å²) in [7, 11) is 0. The Balaban J connectivity index is 2.01. The molecule has 2 aromatic carbocycles. The Kier molecular flexibility index (Phi) is 3.86. The van der Waals surface area contributed by atoms with Crippen LogP contribution in [0.5, 0.6) is 0 Å². The molecule has 2 heteroatoms. The van der Waals surface area contributed by atoms with Crippen LogP contribution in [0.25, 0.3) is 0 Å². The average molecular weight is 267 g/mol. The first kappa shape index (κ1) is 13.3. The van der Waals surface area contributed by atoms with Gasteiger partial charge in [0.25, 0.3) is 0 Å². The number of hydrogen-bond acceptors (Lipinski definition) is 2. The van der Waals surface area contributed by atoms with Crippen LogP contribution < -0.4 is 5.73 Å². The van der Waals surface area contributed by atoms with Crippen molar-refractivity contribution in [2.75, 3.05) is 6.54 Å². The molecule has 2 aromatic rings. The molecule has 104 valence electrons. The second-order valence-electron chi connectivity index (χ2n) is 5.57. The lowest BCUT2D eigenvalue weighted by Gasteiger charge is -2.23. The van der Waals surface area contributed by atoms with Crippen molar-refractivity contribution in [1.82, 2.24) is 0 Å². The first-order chi connectivity index (χ1) is 9.79. The molecular formula is C18H21NO. The van der Waals surface area contributed by atoms with E-state index in [2.05, 4.69) is 30.3 Å². The van der Waals surface area contributed by atoms with Crippen LogP contribution >= 0.6 is 0 Å². The lowest BCUT2D eigenvalue weighted by Crippen LogP contribution is -2.28. The zero-order chi connectivity index (χ0) is 13.9. The van der Waals surface area contributed by atoms with Gasteiger partial charge in [0.05, 0.1) is 6.10 Å². The fourth-order valence-electron chi connectivity index (χ4n) is 3.22. The lowest BCUT2D eigenvalue weighted by molar-refractivity contribution is 0.164. The van der Waals surface area contributed by atoms with Crippen LogP contribution in [-0.4, -0.2) is 17.8 Å². The summed E-state index contributed by atoms with van der Waals surface area (Å²) in [6.45, 7) is 0.274. The van der Waals surface area contributed by atoms with Crippen molar-refractivity contribution in [3.8, 4) is 0 Å². The van der Waals surface area contributed by atoms with Gasteiger partial charge in [-0.1, -0.05) is 48.5 Å². The number of benzene rings is 2. The highest BCUT2D eigenvalue weighted by Crippen LogP contribution is 2.31. The molecule has 0 saturated carbocycles.